The molecule has 1 atom stereocenters. The fourth-order valence-electron chi connectivity index (χ4n) is 2.05. The summed E-state index contributed by atoms with van der Waals surface area (Å²) in [6.45, 7) is 6.13. The number of nitrogens with one attached hydrogen (secondary N) is 2. The fraction of sp³-hybridized carbons (Fsp3) is 0.400. The van der Waals surface area contributed by atoms with Crippen molar-refractivity contribution < 1.29 is 0 Å². The number of aryl methyl sites for hydroxylation is 1. The zero-order chi connectivity index (χ0) is 12.8. The van der Waals surface area contributed by atoms with E-state index in [2.05, 4.69) is 52.5 Å². The van der Waals surface area contributed by atoms with Crippen LogP contribution in [0.1, 0.15) is 36.3 Å². The highest BCUT2D eigenvalue weighted by Gasteiger charge is 2.04. The van der Waals surface area contributed by atoms with Crippen molar-refractivity contribution in [3.63, 3.8) is 0 Å². The zero-order valence-electron chi connectivity index (χ0n) is 11.1. The molecule has 1 aromatic heterocycles. The van der Waals surface area contributed by atoms with Gasteiger partial charge in [-0.05, 0) is 31.4 Å². The number of hydrogen-bond acceptors (Lipinski definition) is 2. The summed E-state index contributed by atoms with van der Waals surface area (Å²) in [7, 11) is 0. The van der Waals surface area contributed by atoms with Crippen molar-refractivity contribution in [1.82, 2.24) is 15.3 Å². The van der Waals surface area contributed by atoms with E-state index in [9.17, 15) is 0 Å². The monoisotopic (exact) mass is 243 g/mol. The molecular formula is C15H21N3. The van der Waals surface area contributed by atoms with E-state index in [-0.39, 0.29) is 0 Å². The van der Waals surface area contributed by atoms with Gasteiger partial charge in [-0.25, -0.2) is 4.98 Å². The smallest absolute Gasteiger partial charge is 0.103 e. The number of nitrogens with zero attached hydrogens (tertiary/aromatic N) is 1. The fourth-order valence-corrected chi connectivity index (χ4v) is 2.05. The molecule has 2 N–H and O–H groups in total. The molecule has 3 nitrogen and oxygen atoms in total. The van der Waals surface area contributed by atoms with Crippen molar-refractivity contribution >= 4 is 0 Å². The first-order valence-corrected chi connectivity index (χ1v) is 6.52. The van der Waals surface area contributed by atoms with Crippen molar-refractivity contribution in [3.8, 4) is 0 Å². The highest BCUT2D eigenvalue weighted by atomic mass is 15.0. The van der Waals surface area contributed by atoms with Crippen molar-refractivity contribution in [1.29, 1.82) is 0 Å². The number of imidazole rings is 1. The number of rotatable bonds is 6. The molecule has 0 spiro atoms. The summed E-state index contributed by atoms with van der Waals surface area (Å²) >= 11 is 0. The van der Waals surface area contributed by atoms with Crippen molar-refractivity contribution in [2.24, 2.45) is 0 Å². The minimum Gasteiger partial charge on any atom is -0.345 e. The maximum Gasteiger partial charge on any atom is 0.103 e. The van der Waals surface area contributed by atoms with Crippen LogP contribution < -0.4 is 5.32 Å². The molecule has 0 saturated carbocycles. The van der Waals surface area contributed by atoms with Crippen LogP contribution in [-0.2, 0) is 6.54 Å². The summed E-state index contributed by atoms with van der Waals surface area (Å²) in [5.41, 5.74) is 2.57. The second-order valence-corrected chi connectivity index (χ2v) is 4.77. The SMILES string of the molecule is Cc1ncc(CNCCC(C)c2ccccc2)[nH]1. The molecule has 1 heterocycles. The standard InChI is InChI=1S/C15H21N3/c1-12(14-6-4-3-5-7-14)8-9-16-10-15-11-17-13(2)18-15/h3-7,11-12,16H,8-10H2,1-2H3,(H,17,18). The van der Waals surface area contributed by atoms with Crippen molar-refractivity contribution in [3.05, 3.63) is 53.6 Å². The molecule has 0 radical (unpaired) electrons. The lowest BCUT2D eigenvalue weighted by molar-refractivity contribution is 0.590. The Balaban J connectivity index is 1.69. The minimum absolute atomic E-state index is 0.599. The van der Waals surface area contributed by atoms with Gasteiger partial charge in [0.1, 0.15) is 5.82 Å². The predicted molar refractivity (Wildman–Crippen MR) is 74.5 cm³/mol. The first-order chi connectivity index (χ1) is 8.75. The van der Waals surface area contributed by atoms with Crippen LogP contribution in [0.3, 0.4) is 0 Å². The largest absolute Gasteiger partial charge is 0.345 e. The molecule has 96 valence electrons. The summed E-state index contributed by atoms with van der Waals surface area (Å²) in [6.07, 6.45) is 3.04. The first kappa shape index (κ1) is 12.8. The molecule has 0 amide bonds. The van der Waals surface area contributed by atoms with Crippen molar-refractivity contribution in [2.75, 3.05) is 6.54 Å². The van der Waals surface area contributed by atoms with Crippen LogP contribution in [0.15, 0.2) is 36.5 Å². The maximum absolute atomic E-state index is 4.18. The second-order valence-electron chi connectivity index (χ2n) is 4.77. The number of aromatic amines is 1. The number of aromatic nitrogens is 2. The Labute approximate surface area is 109 Å². The van der Waals surface area contributed by atoms with Crippen LogP contribution >= 0.6 is 0 Å². The van der Waals surface area contributed by atoms with E-state index in [1.807, 2.05) is 13.1 Å². The zero-order valence-corrected chi connectivity index (χ0v) is 11.1. The average molecular weight is 243 g/mol. The highest BCUT2D eigenvalue weighted by Crippen LogP contribution is 2.17. The predicted octanol–water partition coefficient (Wildman–Crippen LogP) is 3.00. The van der Waals surface area contributed by atoms with E-state index in [0.717, 1.165) is 31.0 Å². The molecular weight excluding hydrogens is 222 g/mol. The molecule has 2 rings (SSSR count). The number of H-pyrrole nitrogens is 1. The van der Waals surface area contributed by atoms with E-state index in [4.69, 9.17) is 0 Å². The minimum atomic E-state index is 0.599. The summed E-state index contributed by atoms with van der Waals surface area (Å²) in [5, 5.41) is 3.44. The van der Waals surface area contributed by atoms with Gasteiger partial charge in [-0.1, -0.05) is 37.3 Å². The Bertz CT molecular complexity index is 462. The Morgan fingerprint density at radius 2 is 2.06 bits per heavy atom. The Hall–Kier alpha value is -1.61. The molecule has 0 aliphatic carbocycles. The summed E-state index contributed by atoms with van der Waals surface area (Å²) in [4.78, 5) is 7.40. The molecule has 0 aliphatic rings. The van der Waals surface area contributed by atoms with Gasteiger partial charge in [0.2, 0.25) is 0 Å². The van der Waals surface area contributed by atoms with Crippen LogP contribution in [0.2, 0.25) is 0 Å². The Morgan fingerprint density at radius 3 is 2.72 bits per heavy atom. The third-order valence-electron chi connectivity index (χ3n) is 3.19. The molecule has 3 heteroatoms. The topological polar surface area (TPSA) is 40.7 Å². The lowest BCUT2D eigenvalue weighted by Gasteiger charge is -2.11. The third-order valence-corrected chi connectivity index (χ3v) is 3.19. The van der Waals surface area contributed by atoms with Gasteiger partial charge in [-0.2, -0.15) is 0 Å². The van der Waals surface area contributed by atoms with Gasteiger partial charge in [0.25, 0.3) is 0 Å². The first-order valence-electron chi connectivity index (χ1n) is 6.52. The summed E-state index contributed by atoms with van der Waals surface area (Å²) in [6, 6.07) is 10.7. The van der Waals surface area contributed by atoms with Crippen LogP contribution in [0.25, 0.3) is 0 Å². The molecule has 2 aromatic rings. The highest BCUT2D eigenvalue weighted by molar-refractivity contribution is 5.18. The van der Waals surface area contributed by atoms with E-state index >= 15 is 0 Å². The molecule has 0 bridgehead atoms. The van der Waals surface area contributed by atoms with Gasteiger partial charge in [-0.3, -0.25) is 0 Å². The van der Waals surface area contributed by atoms with Gasteiger partial charge in [0, 0.05) is 18.4 Å². The van der Waals surface area contributed by atoms with Crippen molar-refractivity contribution in [2.45, 2.75) is 32.7 Å². The lowest BCUT2D eigenvalue weighted by Crippen LogP contribution is -2.16. The molecule has 1 aromatic carbocycles. The lowest BCUT2D eigenvalue weighted by atomic mass is 9.98. The molecule has 18 heavy (non-hydrogen) atoms. The Kier molecular flexibility index (Phi) is 4.53. The molecule has 0 saturated heterocycles. The van der Waals surface area contributed by atoms with E-state index in [0.29, 0.717) is 5.92 Å². The number of hydrogen-bond donors (Lipinski definition) is 2. The van der Waals surface area contributed by atoms with Gasteiger partial charge >= 0.3 is 0 Å². The van der Waals surface area contributed by atoms with Crippen LogP contribution in [0.4, 0.5) is 0 Å². The normalized spacial score (nSPS) is 12.6. The second kappa shape index (κ2) is 6.36. The summed E-state index contributed by atoms with van der Waals surface area (Å²) < 4.78 is 0. The van der Waals surface area contributed by atoms with Crippen LogP contribution in [0, 0.1) is 6.92 Å². The van der Waals surface area contributed by atoms with E-state index in [1.165, 1.54) is 5.56 Å². The average Bonchev–Trinajstić information content (AvgIpc) is 2.81. The Morgan fingerprint density at radius 1 is 1.28 bits per heavy atom. The maximum atomic E-state index is 4.18. The van der Waals surface area contributed by atoms with Gasteiger partial charge in [0.15, 0.2) is 0 Å². The van der Waals surface area contributed by atoms with Gasteiger partial charge < -0.3 is 10.3 Å². The summed E-state index contributed by atoms with van der Waals surface area (Å²) in [5.74, 6) is 1.58. The number of benzene rings is 1. The molecule has 1 unspecified atom stereocenters. The third kappa shape index (κ3) is 3.70. The molecule has 0 aliphatic heterocycles. The van der Waals surface area contributed by atoms with Gasteiger partial charge in [-0.15, -0.1) is 0 Å². The molecule has 0 fully saturated rings. The van der Waals surface area contributed by atoms with Crippen LogP contribution in [0.5, 0.6) is 0 Å². The van der Waals surface area contributed by atoms with E-state index in [1.54, 1.807) is 0 Å². The van der Waals surface area contributed by atoms with Gasteiger partial charge in [0.05, 0.1) is 0 Å². The van der Waals surface area contributed by atoms with Crippen LogP contribution in [-0.4, -0.2) is 16.5 Å². The van der Waals surface area contributed by atoms with E-state index < -0.39 is 0 Å². The quantitative estimate of drug-likeness (QED) is 0.766.